The van der Waals surface area contributed by atoms with Gasteiger partial charge in [-0.2, -0.15) is 5.26 Å². The molecular weight excluding hydrogens is 362 g/mol. The molecule has 0 heterocycles. The van der Waals surface area contributed by atoms with E-state index < -0.39 is 0 Å². The number of nitriles is 1. The lowest BCUT2D eigenvalue weighted by atomic mass is 9.62. The highest BCUT2D eigenvalue weighted by atomic mass is 14.4. The van der Waals surface area contributed by atoms with E-state index in [9.17, 15) is 5.26 Å². The first-order chi connectivity index (χ1) is 14.5. The van der Waals surface area contributed by atoms with E-state index in [0.717, 1.165) is 41.4 Å². The molecular formula is C29H49N. The first-order valence-corrected chi connectivity index (χ1v) is 13.9. The maximum atomic E-state index is 9.47. The number of hydrogen-bond acceptors (Lipinski definition) is 1. The average molecular weight is 412 g/mol. The quantitative estimate of drug-likeness (QED) is 0.454. The first-order valence-electron chi connectivity index (χ1n) is 13.9. The van der Waals surface area contributed by atoms with Gasteiger partial charge in [0.2, 0.25) is 0 Å². The Hall–Kier alpha value is -0.510. The summed E-state index contributed by atoms with van der Waals surface area (Å²) in [6, 6.07) is 2.61. The van der Waals surface area contributed by atoms with Gasteiger partial charge in [0.25, 0.3) is 0 Å². The summed E-state index contributed by atoms with van der Waals surface area (Å²) in [4.78, 5) is 0. The van der Waals surface area contributed by atoms with E-state index in [1.807, 2.05) is 0 Å². The Morgan fingerprint density at radius 3 is 1.40 bits per heavy atom. The largest absolute Gasteiger partial charge is 0.198 e. The summed E-state index contributed by atoms with van der Waals surface area (Å²) in [6.45, 7) is 7.14. The predicted molar refractivity (Wildman–Crippen MR) is 127 cm³/mol. The lowest BCUT2D eigenvalue weighted by molar-refractivity contribution is 0.0843. The molecule has 0 aromatic rings. The summed E-state index contributed by atoms with van der Waals surface area (Å²) >= 11 is 0. The van der Waals surface area contributed by atoms with Gasteiger partial charge in [-0.25, -0.2) is 0 Å². The fourth-order valence-electron chi connectivity index (χ4n) is 8.56. The Bertz CT molecular complexity index is 539. The molecule has 0 aliphatic heterocycles. The van der Waals surface area contributed by atoms with Gasteiger partial charge in [0.1, 0.15) is 0 Å². The van der Waals surface area contributed by atoms with Crippen molar-refractivity contribution < 1.29 is 0 Å². The van der Waals surface area contributed by atoms with Crippen molar-refractivity contribution in [1.29, 1.82) is 5.26 Å². The molecule has 170 valence electrons. The molecule has 0 N–H and O–H groups in total. The van der Waals surface area contributed by atoms with Crippen molar-refractivity contribution in [2.24, 2.45) is 59.2 Å². The maximum absolute atomic E-state index is 9.47. The maximum Gasteiger partial charge on any atom is 0.0661 e. The van der Waals surface area contributed by atoms with Crippen molar-refractivity contribution in [2.45, 2.75) is 117 Å². The zero-order chi connectivity index (χ0) is 21.1. The lowest BCUT2D eigenvalue weighted by Gasteiger charge is -2.42. The molecule has 1 nitrogen and oxygen atoms in total. The fourth-order valence-corrected chi connectivity index (χ4v) is 8.56. The molecule has 4 aliphatic carbocycles. The molecule has 0 saturated heterocycles. The van der Waals surface area contributed by atoms with Gasteiger partial charge in [0.05, 0.1) is 12.0 Å². The number of rotatable bonds is 4. The third-order valence-electron chi connectivity index (χ3n) is 10.6. The summed E-state index contributed by atoms with van der Waals surface area (Å²) in [6.07, 6.45) is 22.5. The van der Waals surface area contributed by atoms with E-state index in [1.165, 1.54) is 64.2 Å². The van der Waals surface area contributed by atoms with Crippen molar-refractivity contribution in [1.82, 2.24) is 0 Å². The molecule has 4 aliphatic rings. The van der Waals surface area contributed by atoms with E-state index in [0.29, 0.717) is 17.8 Å². The minimum absolute atomic E-state index is 0.310. The van der Waals surface area contributed by atoms with Gasteiger partial charge in [0, 0.05) is 0 Å². The van der Waals surface area contributed by atoms with Crippen LogP contribution in [0.2, 0.25) is 0 Å². The van der Waals surface area contributed by atoms with Crippen LogP contribution in [0.4, 0.5) is 0 Å². The molecule has 4 fully saturated rings. The smallest absolute Gasteiger partial charge is 0.0661 e. The summed E-state index contributed by atoms with van der Waals surface area (Å²) < 4.78 is 0. The second-order valence-electron chi connectivity index (χ2n) is 12.7. The SMILES string of the molecule is CC1CCC(C2CCC(CC3CCC(C4CC(C)C(C#N)C(C)C4)CC3)CC2)CC1. The highest BCUT2D eigenvalue weighted by Crippen LogP contribution is 2.48. The minimum Gasteiger partial charge on any atom is -0.198 e. The van der Waals surface area contributed by atoms with Gasteiger partial charge in [-0.3, -0.25) is 0 Å². The van der Waals surface area contributed by atoms with E-state index >= 15 is 0 Å². The summed E-state index contributed by atoms with van der Waals surface area (Å²) in [5.74, 6) is 8.67. The molecule has 2 unspecified atom stereocenters. The zero-order valence-corrected chi connectivity index (χ0v) is 20.3. The molecule has 0 amide bonds. The highest BCUT2D eigenvalue weighted by molar-refractivity contribution is 4.96. The van der Waals surface area contributed by atoms with Gasteiger partial charge >= 0.3 is 0 Å². The minimum atomic E-state index is 0.310. The Kier molecular flexibility index (Phi) is 7.86. The zero-order valence-electron chi connectivity index (χ0n) is 20.3. The second kappa shape index (κ2) is 10.4. The van der Waals surface area contributed by atoms with Crippen LogP contribution in [0.5, 0.6) is 0 Å². The third-order valence-corrected chi connectivity index (χ3v) is 10.6. The monoisotopic (exact) mass is 411 g/mol. The first kappa shape index (κ1) is 22.7. The molecule has 30 heavy (non-hydrogen) atoms. The van der Waals surface area contributed by atoms with Crippen LogP contribution in [0.3, 0.4) is 0 Å². The normalized spacial score (nSPS) is 48.1. The predicted octanol–water partition coefficient (Wildman–Crippen LogP) is 8.64. The van der Waals surface area contributed by atoms with Crippen LogP contribution < -0.4 is 0 Å². The summed E-state index contributed by atoms with van der Waals surface area (Å²) in [5.41, 5.74) is 0. The van der Waals surface area contributed by atoms with Crippen LogP contribution in [0, 0.1) is 70.5 Å². The number of hydrogen-bond donors (Lipinski definition) is 0. The highest BCUT2D eigenvalue weighted by Gasteiger charge is 2.38. The van der Waals surface area contributed by atoms with Crippen molar-refractivity contribution >= 4 is 0 Å². The van der Waals surface area contributed by atoms with Crippen molar-refractivity contribution in [3.05, 3.63) is 0 Å². The van der Waals surface area contributed by atoms with Crippen molar-refractivity contribution in [2.75, 3.05) is 0 Å². The molecule has 4 saturated carbocycles. The van der Waals surface area contributed by atoms with Crippen LogP contribution in [-0.2, 0) is 0 Å². The third kappa shape index (κ3) is 5.45. The lowest BCUT2D eigenvalue weighted by Crippen LogP contribution is -2.34. The van der Waals surface area contributed by atoms with Gasteiger partial charge in [-0.15, -0.1) is 0 Å². The summed E-state index contributed by atoms with van der Waals surface area (Å²) in [5, 5.41) is 9.47. The molecule has 4 rings (SSSR count). The topological polar surface area (TPSA) is 23.8 Å². The second-order valence-corrected chi connectivity index (χ2v) is 12.7. The molecule has 0 aromatic carbocycles. The Balaban J connectivity index is 1.16. The van der Waals surface area contributed by atoms with E-state index in [2.05, 4.69) is 26.8 Å². The van der Waals surface area contributed by atoms with Crippen molar-refractivity contribution in [3.63, 3.8) is 0 Å². The van der Waals surface area contributed by atoms with Crippen LogP contribution in [-0.4, -0.2) is 0 Å². The molecule has 0 spiro atoms. The molecule has 0 bridgehead atoms. The average Bonchev–Trinajstić information content (AvgIpc) is 2.75. The van der Waals surface area contributed by atoms with Gasteiger partial charge in [-0.1, -0.05) is 59.3 Å². The Morgan fingerprint density at radius 1 is 0.567 bits per heavy atom. The Morgan fingerprint density at radius 2 is 0.967 bits per heavy atom. The van der Waals surface area contributed by atoms with E-state index in [4.69, 9.17) is 0 Å². The van der Waals surface area contributed by atoms with Crippen LogP contribution in [0.25, 0.3) is 0 Å². The molecule has 0 aromatic heterocycles. The van der Waals surface area contributed by atoms with Gasteiger partial charge in [-0.05, 0) is 111 Å². The van der Waals surface area contributed by atoms with Gasteiger partial charge in [0.15, 0.2) is 0 Å². The van der Waals surface area contributed by atoms with Crippen LogP contribution >= 0.6 is 0 Å². The van der Waals surface area contributed by atoms with Crippen LogP contribution in [0.1, 0.15) is 117 Å². The van der Waals surface area contributed by atoms with Crippen LogP contribution in [0.15, 0.2) is 0 Å². The molecule has 1 heteroatoms. The van der Waals surface area contributed by atoms with Crippen molar-refractivity contribution in [3.8, 4) is 6.07 Å². The summed E-state index contributed by atoms with van der Waals surface area (Å²) in [7, 11) is 0. The van der Waals surface area contributed by atoms with E-state index in [1.54, 1.807) is 32.1 Å². The van der Waals surface area contributed by atoms with E-state index in [-0.39, 0.29) is 0 Å². The molecule has 2 atom stereocenters. The molecule has 0 radical (unpaired) electrons. The standard InChI is InChI=1S/C29H49N/c1-20-4-10-25(11-5-20)26-12-6-23(7-13-26)18-24-8-14-27(15-9-24)28-16-21(2)29(19-30)22(3)17-28/h20-29H,4-18H2,1-3H3. The van der Waals surface area contributed by atoms with Gasteiger partial charge < -0.3 is 0 Å². The Labute approximate surface area is 187 Å². The number of nitrogens with zero attached hydrogens (tertiary/aromatic N) is 1. The fraction of sp³-hybridized carbons (Fsp3) is 0.966.